The molecular weight excluding hydrogens is 362 g/mol. The molecule has 0 aromatic heterocycles. The zero-order valence-corrected chi connectivity index (χ0v) is 16.6. The number of carbonyl (C=O) groups is 2. The second-order valence-corrected chi connectivity index (χ2v) is 7.61. The van der Waals surface area contributed by atoms with E-state index in [1.165, 1.54) is 13.2 Å². The van der Waals surface area contributed by atoms with E-state index in [4.69, 9.17) is 4.74 Å². The summed E-state index contributed by atoms with van der Waals surface area (Å²) in [7, 11) is -1.32. The van der Waals surface area contributed by atoms with Crippen molar-refractivity contribution >= 4 is 22.7 Å². The van der Waals surface area contributed by atoms with Crippen LogP contribution >= 0.6 is 0 Å². The van der Waals surface area contributed by atoms with Crippen LogP contribution in [0.15, 0.2) is 59.5 Å². The maximum atomic E-state index is 12.4. The van der Waals surface area contributed by atoms with Gasteiger partial charge in [0.2, 0.25) is 0 Å². The lowest BCUT2D eigenvalue weighted by molar-refractivity contribution is -0.129. The van der Waals surface area contributed by atoms with Gasteiger partial charge in [-0.1, -0.05) is 49.4 Å². The Labute approximate surface area is 162 Å². The van der Waals surface area contributed by atoms with Crippen molar-refractivity contribution in [3.05, 3.63) is 65.7 Å². The van der Waals surface area contributed by atoms with Crippen molar-refractivity contribution in [3.8, 4) is 0 Å². The first kappa shape index (κ1) is 20.8. The Hall–Kier alpha value is -2.47. The van der Waals surface area contributed by atoms with Crippen LogP contribution in [0, 0.1) is 0 Å². The minimum absolute atomic E-state index is 0.196. The van der Waals surface area contributed by atoms with Crippen molar-refractivity contribution < 1.29 is 18.5 Å². The Bertz CT molecular complexity index is 807. The molecule has 3 atom stereocenters. The number of nitrogens with one attached hydrogen (secondary N) is 1. The fourth-order valence-corrected chi connectivity index (χ4v) is 3.49. The summed E-state index contributed by atoms with van der Waals surface area (Å²) in [5.41, 5.74) is 1.37. The Morgan fingerprint density at radius 3 is 2.33 bits per heavy atom. The number of benzene rings is 2. The second-order valence-electron chi connectivity index (χ2n) is 6.26. The van der Waals surface area contributed by atoms with Crippen LogP contribution in [0.4, 0.5) is 0 Å². The zero-order valence-electron chi connectivity index (χ0n) is 15.8. The molecule has 1 amide bonds. The Kier molecular flexibility index (Phi) is 7.73. The number of hydrogen-bond acceptors (Lipinski definition) is 4. The summed E-state index contributed by atoms with van der Waals surface area (Å²) in [5, 5.41) is 2.85. The van der Waals surface area contributed by atoms with Gasteiger partial charge >= 0.3 is 5.97 Å². The van der Waals surface area contributed by atoms with Crippen LogP contribution in [0.5, 0.6) is 0 Å². The molecule has 0 bridgehead atoms. The van der Waals surface area contributed by atoms with E-state index in [9.17, 15) is 13.8 Å². The van der Waals surface area contributed by atoms with Gasteiger partial charge in [0.05, 0.1) is 21.3 Å². The molecule has 2 rings (SSSR count). The van der Waals surface area contributed by atoms with Crippen molar-refractivity contribution in [3.63, 3.8) is 0 Å². The first-order valence-electron chi connectivity index (χ1n) is 8.90. The highest BCUT2D eigenvalue weighted by molar-refractivity contribution is 7.84. The molecule has 0 aliphatic rings. The minimum Gasteiger partial charge on any atom is -0.449 e. The maximum absolute atomic E-state index is 12.4. The van der Waals surface area contributed by atoms with E-state index in [2.05, 4.69) is 12.2 Å². The molecule has 0 aliphatic carbocycles. The predicted octanol–water partition coefficient (Wildman–Crippen LogP) is 3.28. The summed E-state index contributed by atoms with van der Waals surface area (Å²) in [4.78, 5) is 25.1. The van der Waals surface area contributed by atoms with Gasteiger partial charge in [-0.25, -0.2) is 4.79 Å². The molecule has 0 aliphatic heterocycles. The van der Waals surface area contributed by atoms with Gasteiger partial charge in [0.25, 0.3) is 5.91 Å². The largest absolute Gasteiger partial charge is 0.449 e. The Morgan fingerprint density at radius 2 is 1.70 bits per heavy atom. The molecule has 0 fully saturated rings. The topological polar surface area (TPSA) is 72.5 Å². The number of hydrogen-bond donors (Lipinski definition) is 1. The van der Waals surface area contributed by atoms with Crippen molar-refractivity contribution in [1.29, 1.82) is 0 Å². The van der Waals surface area contributed by atoms with Gasteiger partial charge in [0.1, 0.15) is 0 Å². The summed E-state index contributed by atoms with van der Waals surface area (Å²) in [6.45, 7) is 4.06. The molecule has 0 unspecified atom stereocenters. The van der Waals surface area contributed by atoms with Crippen LogP contribution in [0.3, 0.4) is 0 Å². The van der Waals surface area contributed by atoms with E-state index in [1.54, 1.807) is 24.3 Å². The normalized spacial score (nSPS) is 14.0. The fraction of sp³-hybridized carbons (Fsp3) is 0.333. The highest BCUT2D eigenvalue weighted by atomic mass is 32.2. The summed E-state index contributed by atoms with van der Waals surface area (Å²) < 4.78 is 17.0. The van der Waals surface area contributed by atoms with E-state index in [0.717, 1.165) is 12.0 Å². The molecule has 1 N–H and O–H groups in total. The molecule has 0 spiro atoms. The van der Waals surface area contributed by atoms with Gasteiger partial charge in [-0.05, 0) is 31.0 Å². The monoisotopic (exact) mass is 387 g/mol. The average Bonchev–Trinajstić information content (AvgIpc) is 2.68. The standard InChI is InChI=1S/C21H25NO4S/c1-4-16(17-10-6-5-7-11-17)14-22-20(23)15(2)26-21(24)18-12-8-9-13-19(18)27(3)25/h5-13,15-16H,4,14H2,1-3H3,(H,22,23)/t15-,16-,27+/m0/s1. The summed E-state index contributed by atoms with van der Waals surface area (Å²) in [6.07, 6.45) is 1.44. The lowest BCUT2D eigenvalue weighted by Crippen LogP contribution is -2.38. The lowest BCUT2D eigenvalue weighted by Gasteiger charge is -2.19. The van der Waals surface area contributed by atoms with Crippen molar-refractivity contribution in [2.45, 2.75) is 37.2 Å². The van der Waals surface area contributed by atoms with E-state index in [1.807, 2.05) is 30.3 Å². The van der Waals surface area contributed by atoms with Crippen LogP contribution in [0.25, 0.3) is 0 Å². The molecule has 27 heavy (non-hydrogen) atoms. The van der Waals surface area contributed by atoms with Gasteiger partial charge in [0.15, 0.2) is 6.10 Å². The van der Waals surface area contributed by atoms with Crippen LogP contribution in [0.2, 0.25) is 0 Å². The third kappa shape index (κ3) is 5.76. The number of rotatable bonds is 8. The first-order valence-corrected chi connectivity index (χ1v) is 10.5. The molecule has 5 nitrogen and oxygen atoms in total. The van der Waals surface area contributed by atoms with Crippen LogP contribution in [0.1, 0.15) is 42.1 Å². The minimum atomic E-state index is -1.32. The Morgan fingerprint density at radius 1 is 1.07 bits per heavy atom. The SMILES string of the molecule is CC[C@@H](CNC(=O)[C@H](C)OC(=O)c1ccccc1[S@@](C)=O)c1ccccc1. The summed E-state index contributed by atoms with van der Waals surface area (Å²) >= 11 is 0. The van der Waals surface area contributed by atoms with Crippen LogP contribution < -0.4 is 5.32 Å². The first-order chi connectivity index (χ1) is 12.9. The van der Waals surface area contributed by atoms with Crippen molar-refractivity contribution in [1.82, 2.24) is 5.32 Å². The Balaban J connectivity index is 1.95. The van der Waals surface area contributed by atoms with Crippen LogP contribution in [-0.2, 0) is 20.3 Å². The molecular formula is C21H25NO4S. The molecule has 0 saturated heterocycles. The average molecular weight is 388 g/mol. The summed E-state index contributed by atoms with van der Waals surface area (Å²) in [5.74, 6) is -0.812. The molecule has 0 saturated carbocycles. The predicted molar refractivity (Wildman–Crippen MR) is 106 cm³/mol. The maximum Gasteiger partial charge on any atom is 0.340 e. The molecule has 0 radical (unpaired) electrons. The number of amides is 1. The molecule has 6 heteroatoms. The van der Waals surface area contributed by atoms with Crippen LogP contribution in [-0.4, -0.2) is 35.0 Å². The number of ether oxygens (including phenoxy) is 1. The van der Waals surface area contributed by atoms with Crippen molar-refractivity contribution in [2.24, 2.45) is 0 Å². The molecule has 0 heterocycles. The molecule has 144 valence electrons. The third-order valence-corrected chi connectivity index (χ3v) is 5.33. The molecule has 2 aromatic carbocycles. The third-order valence-electron chi connectivity index (χ3n) is 4.36. The highest BCUT2D eigenvalue weighted by Crippen LogP contribution is 2.18. The van der Waals surface area contributed by atoms with Crippen molar-refractivity contribution in [2.75, 3.05) is 12.8 Å². The number of esters is 1. The number of carbonyl (C=O) groups excluding carboxylic acids is 2. The fourth-order valence-electron chi connectivity index (χ4n) is 2.75. The lowest BCUT2D eigenvalue weighted by atomic mass is 9.96. The van der Waals surface area contributed by atoms with E-state index in [0.29, 0.717) is 11.4 Å². The van der Waals surface area contributed by atoms with Gasteiger partial charge in [0, 0.05) is 18.7 Å². The van der Waals surface area contributed by atoms with E-state index in [-0.39, 0.29) is 17.4 Å². The smallest absolute Gasteiger partial charge is 0.340 e. The van der Waals surface area contributed by atoms with Gasteiger partial charge < -0.3 is 10.1 Å². The second kappa shape index (κ2) is 10.0. The van der Waals surface area contributed by atoms with E-state index >= 15 is 0 Å². The van der Waals surface area contributed by atoms with Gasteiger partial charge in [-0.15, -0.1) is 0 Å². The highest BCUT2D eigenvalue weighted by Gasteiger charge is 2.22. The quantitative estimate of drug-likeness (QED) is 0.706. The zero-order chi connectivity index (χ0) is 19.8. The molecule has 2 aromatic rings. The van der Waals surface area contributed by atoms with Gasteiger partial charge in [-0.2, -0.15) is 0 Å². The van der Waals surface area contributed by atoms with E-state index < -0.39 is 22.9 Å². The summed E-state index contributed by atoms with van der Waals surface area (Å²) in [6, 6.07) is 16.5. The van der Waals surface area contributed by atoms with Gasteiger partial charge in [-0.3, -0.25) is 9.00 Å².